The Morgan fingerprint density at radius 1 is 1.22 bits per heavy atom. The van der Waals surface area contributed by atoms with Gasteiger partial charge in [0, 0.05) is 64.0 Å². The first-order valence-electron chi connectivity index (χ1n) is 8.14. The highest BCUT2D eigenvalue weighted by molar-refractivity contribution is 5.88. The minimum Gasteiger partial charge on any atom is -0.355 e. The first kappa shape index (κ1) is 14.4. The minimum atomic E-state index is 0.0390. The summed E-state index contributed by atoms with van der Waals surface area (Å²) in [4.78, 5) is 27.1. The van der Waals surface area contributed by atoms with Gasteiger partial charge in [-0.25, -0.2) is 4.98 Å². The number of anilines is 2. The number of hydrogen-bond donors (Lipinski definition) is 1. The van der Waals surface area contributed by atoms with Crippen LogP contribution in [0.2, 0.25) is 0 Å². The molecule has 4 heterocycles. The van der Waals surface area contributed by atoms with Crippen LogP contribution in [-0.4, -0.2) is 73.1 Å². The molecule has 1 aromatic rings. The van der Waals surface area contributed by atoms with Crippen LogP contribution in [0, 0.1) is 5.41 Å². The van der Waals surface area contributed by atoms with E-state index < -0.39 is 0 Å². The molecule has 0 saturated carbocycles. The SMILES string of the molecule is C=CC(=O)N1CC2(C1)CN(c1ccnc(N3CCNCC3)n1)C2. The second-order valence-corrected chi connectivity index (χ2v) is 6.71. The van der Waals surface area contributed by atoms with E-state index in [0.717, 1.165) is 64.1 Å². The molecule has 3 saturated heterocycles. The number of carbonyl (C=O) groups is 1. The van der Waals surface area contributed by atoms with Crippen molar-refractivity contribution in [2.75, 3.05) is 62.2 Å². The molecule has 1 N–H and O–H groups in total. The van der Waals surface area contributed by atoms with Crippen LogP contribution in [0.3, 0.4) is 0 Å². The summed E-state index contributed by atoms with van der Waals surface area (Å²) < 4.78 is 0. The first-order valence-corrected chi connectivity index (χ1v) is 8.14. The summed E-state index contributed by atoms with van der Waals surface area (Å²) in [6.07, 6.45) is 3.24. The molecule has 0 atom stereocenters. The maximum Gasteiger partial charge on any atom is 0.245 e. The molecule has 122 valence electrons. The van der Waals surface area contributed by atoms with Crippen molar-refractivity contribution in [3.05, 3.63) is 24.9 Å². The van der Waals surface area contributed by atoms with Gasteiger partial charge in [0.2, 0.25) is 11.9 Å². The molecule has 7 nitrogen and oxygen atoms in total. The van der Waals surface area contributed by atoms with Crippen LogP contribution in [0.25, 0.3) is 0 Å². The molecule has 1 spiro atoms. The van der Waals surface area contributed by atoms with Crippen molar-refractivity contribution in [2.24, 2.45) is 5.41 Å². The van der Waals surface area contributed by atoms with E-state index in [0.29, 0.717) is 0 Å². The van der Waals surface area contributed by atoms with Crippen molar-refractivity contribution in [1.82, 2.24) is 20.2 Å². The molecule has 3 aliphatic rings. The van der Waals surface area contributed by atoms with E-state index in [9.17, 15) is 4.79 Å². The topological polar surface area (TPSA) is 64.6 Å². The maximum absolute atomic E-state index is 11.6. The normalized spacial score (nSPS) is 22.5. The summed E-state index contributed by atoms with van der Waals surface area (Å²) in [6, 6.07) is 1.98. The van der Waals surface area contributed by atoms with Crippen molar-refractivity contribution >= 4 is 17.7 Å². The average molecular weight is 314 g/mol. The Kier molecular flexibility index (Phi) is 3.45. The molecule has 1 amide bonds. The van der Waals surface area contributed by atoms with Gasteiger partial charge in [-0.2, -0.15) is 4.98 Å². The fourth-order valence-corrected chi connectivity index (χ4v) is 3.71. The largest absolute Gasteiger partial charge is 0.355 e. The molecule has 1 aromatic heterocycles. The van der Waals surface area contributed by atoms with Gasteiger partial charge < -0.3 is 20.0 Å². The lowest BCUT2D eigenvalue weighted by molar-refractivity contribution is -0.139. The van der Waals surface area contributed by atoms with Gasteiger partial charge in [-0.1, -0.05) is 6.58 Å². The number of amides is 1. The summed E-state index contributed by atoms with van der Waals surface area (Å²) in [5, 5.41) is 3.34. The molecule has 7 heteroatoms. The quantitative estimate of drug-likeness (QED) is 0.774. The molecule has 0 aliphatic carbocycles. The molecule has 0 radical (unpaired) electrons. The molecular formula is C16H22N6O. The third-order valence-corrected chi connectivity index (χ3v) is 4.94. The molecule has 4 rings (SSSR count). The predicted octanol–water partition coefficient (Wildman–Crippen LogP) is -0.279. The van der Waals surface area contributed by atoms with Crippen LogP contribution >= 0.6 is 0 Å². The van der Waals surface area contributed by atoms with E-state index in [1.807, 2.05) is 17.2 Å². The number of nitrogens with zero attached hydrogens (tertiary/aromatic N) is 5. The standard InChI is InChI=1S/C16H22N6O/c1-2-14(23)22-11-16(12-22)9-21(10-16)13-3-4-18-15(19-13)20-7-5-17-6-8-20/h2-4,17H,1,5-12H2. The Morgan fingerprint density at radius 3 is 2.65 bits per heavy atom. The van der Waals surface area contributed by atoms with Gasteiger partial charge in [0.15, 0.2) is 0 Å². The van der Waals surface area contributed by atoms with Crippen molar-refractivity contribution < 1.29 is 4.79 Å². The summed E-state index contributed by atoms with van der Waals surface area (Å²) in [5.41, 5.74) is 0.263. The number of piperazine rings is 1. The van der Waals surface area contributed by atoms with Crippen molar-refractivity contribution in [2.45, 2.75) is 0 Å². The summed E-state index contributed by atoms with van der Waals surface area (Å²) >= 11 is 0. The van der Waals surface area contributed by atoms with Crippen LogP contribution in [-0.2, 0) is 4.79 Å². The van der Waals surface area contributed by atoms with Gasteiger partial charge in [-0.15, -0.1) is 0 Å². The molecule has 0 unspecified atom stereocenters. The van der Waals surface area contributed by atoms with Gasteiger partial charge in [0.1, 0.15) is 5.82 Å². The molecule has 0 aromatic carbocycles. The van der Waals surface area contributed by atoms with Crippen LogP contribution in [0.4, 0.5) is 11.8 Å². The molecule has 3 aliphatic heterocycles. The lowest BCUT2D eigenvalue weighted by Gasteiger charge is -2.60. The maximum atomic E-state index is 11.6. The zero-order chi connectivity index (χ0) is 15.9. The van der Waals surface area contributed by atoms with Crippen LogP contribution in [0.15, 0.2) is 24.9 Å². The molecule has 3 fully saturated rings. The third kappa shape index (κ3) is 2.55. The summed E-state index contributed by atoms with van der Waals surface area (Å²) in [5.74, 6) is 1.85. The third-order valence-electron chi connectivity index (χ3n) is 4.94. The van der Waals surface area contributed by atoms with E-state index in [2.05, 4.69) is 26.7 Å². The van der Waals surface area contributed by atoms with Crippen LogP contribution < -0.4 is 15.1 Å². The van der Waals surface area contributed by atoms with Gasteiger partial charge >= 0.3 is 0 Å². The van der Waals surface area contributed by atoms with Crippen LogP contribution in [0.5, 0.6) is 0 Å². The Hall–Kier alpha value is -2.15. The number of likely N-dealkylation sites (tertiary alicyclic amines) is 1. The number of nitrogens with one attached hydrogen (secondary N) is 1. The highest BCUT2D eigenvalue weighted by Crippen LogP contribution is 2.41. The summed E-state index contributed by atoms with van der Waals surface area (Å²) in [7, 11) is 0. The zero-order valence-corrected chi connectivity index (χ0v) is 13.2. The van der Waals surface area contributed by atoms with Gasteiger partial charge in [-0.05, 0) is 12.1 Å². The number of carbonyl (C=O) groups excluding carboxylic acids is 1. The van der Waals surface area contributed by atoms with E-state index in [1.165, 1.54) is 6.08 Å². The van der Waals surface area contributed by atoms with Crippen molar-refractivity contribution in [1.29, 1.82) is 0 Å². The highest BCUT2D eigenvalue weighted by Gasteiger charge is 2.53. The molecule has 0 bridgehead atoms. The average Bonchev–Trinajstić information content (AvgIpc) is 2.53. The minimum absolute atomic E-state index is 0.0390. The van der Waals surface area contributed by atoms with E-state index in [1.54, 1.807) is 0 Å². The number of rotatable bonds is 3. The van der Waals surface area contributed by atoms with E-state index >= 15 is 0 Å². The lowest BCUT2D eigenvalue weighted by atomic mass is 9.73. The Bertz CT molecular complexity index is 613. The van der Waals surface area contributed by atoms with Crippen molar-refractivity contribution in [3.8, 4) is 0 Å². The van der Waals surface area contributed by atoms with E-state index in [4.69, 9.17) is 4.98 Å². The molecular weight excluding hydrogens is 292 g/mol. The van der Waals surface area contributed by atoms with Crippen molar-refractivity contribution in [3.63, 3.8) is 0 Å². The highest BCUT2D eigenvalue weighted by atomic mass is 16.2. The summed E-state index contributed by atoms with van der Waals surface area (Å²) in [6.45, 7) is 11.0. The van der Waals surface area contributed by atoms with Gasteiger partial charge in [0.25, 0.3) is 0 Å². The number of hydrogen-bond acceptors (Lipinski definition) is 6. The Labute approximate surface area is 136 Å². The second-order valence-electron chi connectivity index (χ2n) is 6.71. The Balaban J connectivity index is 1.37. The predicted molar refractivity (Wildman–Crippen MR) is 88.5 cm³/mol. The van der Waals surface area contributed by atoms with Crippen LogP contribution in [0.1, 0.15) is 0 Å². The Morgan fingerprint density at radius 2 is 1.96 bits per heavy atom. The van der Waals surface area contributed by atoms with E-state index in [-0.39, 0.29) is 11.3 Å². The van der Waals surface area contributed by atoms with Gasteiger partial charge in [0.05, 0.1) is 0 Å². The zero-order valence-electron chi connectivity index (χ0n) is 13.2. The monoisotopic (exact) mass is 314 g/mol. The smallest absolute Gasteiger partial charge is 0.245 e. The van der Waals surface area contributed by atoms with Gasteiger partial charge in [-0.3, -0.25) is 4.79 Å². The fourth-order valence-electron chi connectivity index (χ4n) is 3.71. The lowest BCUT2D eigenvalue weighted by Crippen LogP contribution is -2.73. The molecule has 23 heavy (non-hydrogen) atoms. The second kappa shape index (κ2) is 5.49. The number of aromatic nitrogens is 2. The fraction of sp³-hybridized carbons (Fsp3) is 0.562. The first-order chi connectivity index (χ1) is 11.2.